The molecule has 1 atom stereocenters. The largest absolute Gasteiger partial charge is 0.376 e. The van der Waals surface area contributed by atoms with Crippen LogP contribution in [0.15, 0.2) is 42.6 Å². The normalized spacial score (nSPS) is 18.6. The van der Waals surface area contributed by atoms with Crippen molar-refractivity contribution in [2.24, 2.45) is 0 Å². The fraction of sp³-hybridized carbons (Fsp3) is 0.375. The van der Waals surface area contributed by atoms with Crippen LogP contribution in [0.1, 0.15) is 21.7 Å². The molecule has 0 bridgehead atoms. The second-order valence-electron chi connectivity index (χ2n) is 8.16. The smallest absolute Gasteiger partial charge is 0.268 e. The van der Waals surface area contributed by atoms with Gasteiger partial charge in [0.15, 0.2) is 6.23 Å². The van der Waals surface area contributed by atoms with Gasteiger partial charge in [0, 0.05) is 44.2 Å². The Morgan fingerprint density at radius 2 is 2.00 bits per heavy atom. The average molecular weight is 449 g/mol. The number of hydrazine groups is 1. The summed E-state index contributed by atoms with van der Waals surface area (Å²) in [5.41, 5.74) is 5.37. The highest BCUT2D eigenvalue weighted by Crippen LogP contribution is 2.34. The number of amides is 1. The predicted molar refractivity (Wildman–Crippen MR) is 124 cm³/mol. The molecule has 172 valence electrons. The molecule has 1 N–H and O–H groups in total. The highest BCUT2D eigenvalue weighted by molar-refractivity contribution is 5.97. The van der Waals surface area contributed by atoms with Crippen LogP contribution >= 0.6 is 0 Å². The van der Waals surface area contributed by atoms with Gasteiger partial charge in [0.25, 0.3) is 5.91 Å². The molecule has 4 heterocycles. The van der Waals surface area contributed by atoms with Gasteiger partial charge in [-0.15, -0.1) is 0 Å². The van der Waals surface area contributed by atoms with E-state index in [-0.39, 0.29) is 12.1 Å². The van der Waals surface area contributed by atoms with E-state index in [1.165, 1.54) is 0 Å². The molecule has 1 aromatic carbocycles. The average Bonchev–Trinajstić information content (AvgIpc) is 3.11. The molecule has 2 aromatic heterocycles. The van der Waals surface area contributed by atoms with E-state index in [9.17, 15) is 4.79 Å². The van der Waals surface area contributed by atoms with E-state index in [2.05, 4.69) is 19.9 Å². The van der Waals surface area contributed by atoms with Crippen molar-refractivity contribution in [1.29, 1.82) is 0 Å². The summed E-state index contributed by atoms with van der Waals surface area (Å²) < 4.78 is 13.4. The zero-order valence-corrected chi connectivity index (χ0v) is 19.1. The molecule has 1 fully saturated rings. The molecule has 1 saturated heterocycles. The second-order valence-corrected chi connectivity index (χ2v) is 8.16. The summed E-state index contributed by atoms with van der Waals surface area (Å²) in [6.07, 6.45) is 1.51. The van der Waals surface area contributed by atoms with Crippen molar-refractivity contribution < 1.29 is 14.3 Å². The molecule has 9 heteroatoms. The van der Waals surface area contributed by atoms with Crippen LogP contribution in [0.5, 0.6) is 0 Å². The van der Waals surface area contributed by atoms with Gasteiger partial charge >= 0.3 is 0 Å². The summed E-state index contributed by atoms with van der Waals surface area (Å²) in [6.45, 7) is 7.10. The Morgan fingerprint density at radius 3 is 2.76 bits per heavy atom. The quantitative estimate of drug-likeness (QED) is 0.642. The highest BCUT2D eigenvalue weighted by atomic mass is 16.5. The number of methoxy groups -OCH3 is 1. The Morgan fingerprint density at radius 1 is 1.18 bits per heavy atom. The zero-order chi connectivity index (χ0) is 22.9. The lowest BCUT2D eigenvalue weighted by atomic mass is 10.1. The summed E-state index contributed by atoms with van der Waals surface area (Å²) in [6, 6.07) is 11.9. The maximum absolute atomic E-state index is 12.5. The Bertz CT molecular complexity index is 1160. The fourth-order valence-corrected chi connectivity index (χ4v) is 4.74. The third-order valence-electron chi connectivity index (χ3n) is 6.28. The molecule has 9 nitrogen and oxygen atoms in total. The number of hydrogen-bond donors (Lipinski definition) is 1. The van der Waals surface area contributed by atoms with E-state index in [0.29, 0.717) is 37.9 Å². The van der Waals surface area contributed by atoms with Crippen molar-refractivity contribution in [2.45, 2.75) is 26.6 Å². The Labute approximate surface area is 192 Å². The number of nitrogens with one attached hydrogen (secondary N) is 1. The van der Waals surface area contributed by atoms with Crippen molar-refractivity contribution in [2.75, 3.05) is 38.4 Å². The third-order valence-corrected chi connectivity index (χ3v) is 6.28. The fourth-order valence-electron chi connectivity index (χ4n) is 4.74. The van der Waals surface area contributed by atoms with Gasteiger partial charge < -0.3 is 19.4 Å². The molecular formula is C24H28N6O3. The number of ether oxygens (including phenoxy) is 2. The SMILES string of the molecule is COC1COCCN1N(c1ccccc1)c1nccc(-c2c(C)c3n(c2C)CCNC3=O)n1. The second kappa shape index (κ2) is 8.93. The highest BCUT2D eigenvalue weighted by Gasteiger charge is 2.32. The van der Waals surface area contributed by atoms with Crippen molar-refractivity contribution in [1.82, 2.24) is 24.9 Å². The first kappa shape index (κ1) is 21.6. The minimum Gasteiger partial charge on any atom is -0.376 e. The van der Waals surface area contributed by atoms with Crippen LogP contribution in [0.25, 0.3) is 11.3 Å². The molecular weight excluding hydrogens is 420 g/mol. The first-order chi connectivity index (χ1) is 16.1. The molecule has 0 spiro atoms. The number of aromatic nitrogens is 3. The molecule has 0 aliphatic carbocycles. The minimum atomic E-state index is -0.264. The standard InChI is InChI=1S/C24H28N6O3/c1-16-21(17(2)28-12-11-25-23(31)22(16)28)19-9-10-26-24(27-19)30(18-7-5-4-6-8-18)29-13-14-33-15-20(29)32-3/h4-10,20H,11-15H2,1-3H3,(H,25,31). The molecule has 5 rings (SSSR count). The number of carbonyl (C=O) groups is 1. The van der Waals surface area contributed by atoms with E-state index in [1.54, 1.807) is 13.3 Å². The Kier molecular flexibility index (Phi) is 5.84. The van der Waals surface area contributed by atoms with Crippen LogP contribution in [0.3, 0.4) is 0 Å². The topological polar surface area (TPSA) is 84.8 Å². The van der Waals surface area contributed by atoms with Crippen molar-refractivity contribution in [3.05, 3.63) is 59.5 Å². The van der Waals surface area contributed by atoms with Crippen molar-refractivity contribution in [3.63, 3.8) is 0 Å². The maximum Gasteiger partial charge on any atom is 0.268 e. The molecule has 0 radical (unpaired) electrons. The molecule has 0 saturated carbocycles. The van der Waals surface area contributed by atoms with E-state index in [1.807, 2.05) is 55.3 Å². The molecule has 33 heavy (non-hydrogen) atoms. The number of fused-ring (bicyclic) bond motifs is 1. The lowest BCUT2D eigenvalue weighted by Gasteiger charge is -2.41. The van der Waals surface area contributed by atoms with Gasteiger partial charge in [-0.1, -0.05) is 18.2 Å². The molecule has 2 aliphatic heterocycles. The lowest BCUT2D eigenvalue weighted by Crippen LogP contribution is -2.54. The Balaban J connectivity index is 1.62. The first-order valence-electron chi connectivity index (χ1n) is 11.1. The zero-order valence-electron chi connectivity index (χ0n) is 19.1. The summed E-state index contributed by atoms with van der Waals surface area (Å²) in [4.78, 5) is 22.2. The van der Waals surface area contributed by atoms with Crippen LogP contribution in [-0.4, -0.2) is 65.1 Å². The van der Waals surface area contributed by atoms with Gasteiger partial charge in [-0.05, 0) is 37.6 Å². The molecule has 2 aliphatic rings. The third kappa shape index (κ3) is 3.78. The van der Waals surface area contributed by atoms with Gasteiger partial charge in [-0.3, -0.25) is 4.79 Å². The number of anilines is 2. The number of morpholine rings is 1. The summed E-state index contributed by atoms with van der Waals surface area (Å²) in [5, 5.41) is 7.03. The lowest BCUT2D eigenvalue weighted by molar-refractivity contribution is -0.124. The number of nitrogens with zero attached hydrogens (tertiary/aromatic N) is 5. The predicted octanol–water partition coefficient (Wildman–Crippen LogP) is 2.66. The molecule has 1 amide bonds. The monoisotopic (exact) mass is 448 g/mol. The summed E-state index contributed by atoms with van der Waals surface area (Å²) in [5.74, 6) is 0.500. The number of hydrogen-bond acceptors (Lipinski definition) is 7. The molecule has 1 unspecified atom stereocenters. The van der Waals surface area contributed by atoms with Gasteiger partial charge in [0.1, 0.15) is 5.69 Å². The number of rotatable bonds is 5. The summed E-state index contributed by atoms with van der Waals surface area (Å²) >= 11 is 0. The minimum absolute atomic E-state index is 0.0375. The van der Waals surface area contributed by atoms with Crippen LogP contribution in [0, 0.1) is 13.8 Å². The van der Waals surface area contributed by atoms with E-state index < -0.39 is 0 Å². The molecule has 3 aromatic rings. The number of benzene rings is 1. The van der Waals surface area contributed by atoms with Gasteiger partial charge in [0.2, 0.25) is 5.95 Å². The van der Waals surface area contributed by atoms with Crippen molar-refractivity contribution >= 4 is 17.5 Å². The van der Waals surface area contributed by atoms with Gasteiger partial charge in [-0.2, -0.15) is 5.01 Å². The van der Waals surface area contributed by atoms with Crippen LogP contribution in [0.2, 0.25) is 0 Å². The van der Waals surface area contributed by atoms with E-state index in [0.717, 1.165) is 34.7 Å². The van der Waals surface area contributed by atoms with E-state index in [4.69, 9.17) is 14.5 Å². The number of carbonyl (C=O) groups excluding carboxylic acids is 1. The summed E-state index contributed by atoms with van der Waals surface area (Å²) in [7, 11) is 1.68. The van der Waals surface area contributed by atoms with Crippen molar-refractivity contribution in [3.8, 4) is 11.3 Å². The van der Waals surface area contributed by atoms with Crippen LogP contribution < -0.4 is 10.3 Å². The first-order valence-corrected chi connectivity index (χ1v) is 11.1. The number of para-hydroxylation sites is 1. The van der Waals surface area contributed by atoms with Gasteiger partial charge in [0.05, 0.1) is 24.6 Å². The maximum atomic E-state index is 12.5. The Hall–Kier alpha value is -3.27. The van der Waals surface area contributed by atoms with E-state index >= 15 is 0 Å². The van der Waals surface area contributed by atoms with Crippen LogP contribution in [0.4, 0.5) is 11.6 Å². The van der Waals surface area contributed by atoms with Crippen LogP contribution in [-0.2, 0) is 16.0 Å². The van der Waals surface area contributed by atoms with Gasteiger partial charge in [-0.25, -0.2) is 15.0 Å².